The first-order valence-corrected chi connectivity index (χ1v) is 4.76. The van der Waals surface area contributed by atoms with Crippen LogP contribution < -0.4 is 4.72 Å². The van der Waals surface area contributed by atoms with Gasteiger partial charge in [0.05, 0.1) is 6.26 Å². The van der Waals surface area contributed by atoms with Crippen LogP contribution in [0.4, 0.5) is 0 Å². The van der Waals surface area contributed by atoms with Crippen LogP contribution >= 0.6 is 0 Å². The van der Waals surface area contributed by atoms with Crippen molar-refractivity contribution in [3.05, 3.63) is 6.42 Å². The average molecular weight is 148 g/mol. The predicted octanol–water partition coefficient (Wildman–Crippen LogP) is -0.0977. The van der Waals surface area contributed by atoms with E-state index >= 15 is 0 Å². The highest BCUT2D eigenvalue weighted by molar-refractivity contribution is 7.88. The van der Waals surface area contributed by atoms with Gasteiger partial charge in [-0.3, -0.25) is 0 Å². The van der Waals surface area contributed by atoms with E-state index in [4.69, 9.17) is 0 Å². The molecule has 1 N–H and O–H groups in total. The largest absolute Gasteiger partial charge is 0.213 e. The Balaban J connectivity index is 2.33. The van der Waals surface area contributed by atoms with Crippen molar-refractivity contribution in [1.29, 1.82) is 0 Å². The molecule has 1 fully saturated rings. The molecule has 0 aliphatic heterocycles. The molecule has 1 rings (SSSR count). The maximum Gasteiger partial charge on any atom is 0.208 e. The lowest BCUT2D eigenvalue weighted by molar-refractivity contribution is 0.476. The summed E-state index contributed by atoms with van der Waals surface area (Å²) < 4.78 is 23.5. The van der Waals surface area contributed by atoms with Gasteiger partial charge in [-0.2, -0.15) is 0 Å². The number of nitrogens with one attached hydrogen (secondary N) is 1. The first-order chi connectivity index (χ1) is 4.08. The van der Waals surface area contributed by atoms with Crippen LogP contribution in [-0.2, 0) is 10.0 Å². The first-order valence-electron chi connectivity index (χ1n) is 2.87. The fourth-order valence-corrected chi connectivity index (χ4v) is 1.53. The Morgan fingerprint density at radius 2 is 2.11 bits per heavy atom. The van der Waals surface area contributed by atoms with Gasteiger partial charge < -0.3 is 0 Å². The van der Waals surface area contributed by atoms with Crippen molar-refractivity contribution in [2.75, 3.05) is 6.26 Å². The lowest BCUT2D eigenvalue weighted by Gasteiger charge is -2.24. The van der Waals surface area contributed by atoms with Crippen LogP contribution in [0.3, 0.4) is 0 Å². The van der Waals surface area contributed by atoms with Crippen LogP contribution in [0, 0.1) is 6.42 Å². The van der Waals surface area contributed by atoms with E-state index < -0.39 is 10.0 Å². The minimum atomic E-state index is -2.95. The molecular formula is C5H10NO2S. The Morgan fingerprint density at radius 1 is 1.56 bits per heavy atom. The van der Waals surface area contributed by atoms with Crippen molar-refractivity contribution in [1.82, 2.24) is 4.72 Å². The van der Waals surface area contributed by atoms with Crippen molar-refractivity contribution in [2.24, 2.45) is 0 Å². The molecule has 53 valence electrons. The number of rotatable bonds is 2. The third-order valence-corrected chi connectivity index (χ3v) is 2.04. The molecule has 0 aromatic rings. The van der Waals surface area contributed by atoms with Gasteiger partial charge in [0.15, 0.2) is 0 Å². The van der Waals surface area contributed by atoms with E-state index in [-0.39, 0.29) is 6.04 Å². The molecule has 1 saturated carbocycles. The summed E-state index contributed by atoms with van der Waals surface area (Å²) in [6, 6.07) is 0.181. The van der Waals surface area contributed by atoms with Crippen molar-refractivity contribution >= 4 is 10.0 Å². The summed E-state index contributed by atoms with van der Waals surface area (Å²) in [4.78, 5) is 0. The SMILES string of the molecule is CS(=O)(=O)NC1C[CH]C1. The Kier molecular flexibility index (Phi) is 1.77. The number of hydrogen-bond acceptors (Lipinski definition) is 2. The fourth-order valence-electron chi connectivity index (χ4n) is 0.732. The number of hydrogen-bond donors (Lipinski definition) is 1. The molecule has 0 heterocycles. The summed E-state index contributed by atoms with van der Waals surface area (Å²) in [5.74, 6) is 0. The van der Waals surface area contributed by atoms with Gasteiger partial charge in [0.1, 0.15) is 0 Å². The maximum atomic E-state index is 10.5. The Bertz CT molecular complexity index is 181. The molecule has 1 aliphatic rings. The second-order valence-corrected chi connectivity index (χ2v) is 4.13. The summed E-state index contributed by atoms with van der Waals surface area (Å²) >= 11 is 0. The third-order valence-electron chi connectivity index (χ3n) is 1.28. The minimum absolute atomic E-state index is 0.181. The second-order valence-electron chi connectivity index (χ2n) is 2.35. The van der Waals surface area contributed by atoms with E-state index in [0.29, 0.717) is 0 Å². The predicted molar refractivity (Wildman–Crippen MR) is 35.3 cm³/mol. The van der Waals surface area contributed by atoms with Gasteiger partial charge in [0.2, 0.25) is 10.0 Å². The van der Waals surface area contributed by atoms with Crippen LogP contribution in [0.25, 0.3) is 0 Å². The molecule has 1 aliphatic carbocycles. The van der Waals surface area contributed by atoms with Gasteiger partial charge in [-0.25, -0.2) is 13.1 Å². The van der Waals surface area contributed by atoms with Crippen LogP contribution in [0.2, 0.25) is 0 Å². The molecule has 0 amide bonds. The lowest BCUT2D eigenvalue weighted by Crippen LogP contribution is -2.39. The highest BCUT2D eigenvalue weighted by Crippen LogP contribution is 2.16. The summed E-state index contributed by atoms with van der Waals surface area (Å²) in [6.07, 6.45) is 5.01. The summed E-state index contributed by atoms with van der Waals surface area (Å²) in [5, 5.41) is 0. The standard InChI is InChI=1S/C5H10NO2S/c1-9(7,8)6-5-3-2-4-5/h2,5-6H,3-4H2,1H3. The molecule has 0 atom stereocenters. The zero-order chi connectivity index (χ0) is 6.91. The zero-order valence-corrected chi connectivity index (χ0v) is 6.11. The summed E-state index contributed by atoms with van der Waals surface area (Å²) in [6.45, 7) is 0. The van der Waals surface area contributed by atoms with E-state index in [9.17, 15) is 8.42 Å². The molecule has 1 radical (unpaired) electrons. The molecule has 0 spiro atoms. The van der Waals surface area contributed by atoms with E-state index in [1.165, 1.54) is 6.26 Å². The van der Waals surface area contributed by atoms with Crippen LogP contribution in [0.5, 0.6) is 0 Å². The zero-order valence-electron chi connectivity index (χ0n) is 5.29. The summed E-state index contributed by atoms with van der Waals surface area (Å²) in [5.41, 5.74) is 0. The molecular weight excluding hydrogens is 138 g/mol. The molecule has 0 saturated heterocycles. The highest BCUT2D eigenvalue weighted by Gasteiger charge is 2.20. The molecule has 3 nitrogen and oxygen atoms in total. The fraction of sp³-hybridized carbons (Fsp3) is 0.800. The molecule has 0 unspecified atom stereocenters. The van der Waals surface area contributed by atoms with Gasteiger partial charge >= 0.3 is 0 Å². The average Bonchev–Trinajstić information content (AvgIpc) is 1.53. The van der Waals surface area contributed by atoms with Crippen LogP contribution in [0.1, 0.15) is 12.8 Å². The maximum absolute atomic E-state index is 10.5. The van der Waals surface area contributed by atoms with Crippen molar-refractivity contribution < 1.29 is 8.42 Å². The monoisotopic (exact) mass is 148 g/mol. The van der Waals surface area contributed by atoms with Crippen LogP contribution in [0.15, 0.2) is 0 Å². The molecule has 0 aromatic carbocycles. The van der Waals surface area contributed by atoms with Crippen molar-refractivity contribution in [3.8, 4) is 0 Å². The van der Waals surface area contributed by atoms with Crippen LogP contribution in [-0.4, -0.2) is 20.7 Å². The molecule has 0 aromatic heterocycles. The molecule has 0 bridgehead atoms. The Hall–Kier alpha value is -0.0900. The smallest absolute Gasteiger partial charge is 0.208 e. The Morgan fingerprint density at radius 3 is 2.22 bits per heavy atom. The first kappa shape index (κ1) is 7.02. The van der Waals surface area contributed by atoms with Gasteiger partial charge in [-0.1, -0.05) is 0 Å². The normalized spacial score (nSPS) is 21.4. The van der Waals surface area contributed by atoms with E-state index in [1.54, 1.807) is 0 Å². The summed E-state index contributed by atoms with van der Waals surface area (Å²) in [7, 11) is -2.95. The quantitative estimate of drug-likeness (QED) is 0.594. The van der Waals surface area contributed by atoms with Gasteiger partial charge in [-0.05, 0) is 19.3 Å². The van der Waals surface area contributed by atoms with E-state index in [2.05, 4.69) is 11.1 Å². The van der Waals surface area contributed by atoms with Crippen molar-refractivity contribution in [2.45, 2.75) is 18.9 Å². The lowest BCUT2D eigenvalue weighted by atomic mass is 9.94. The second kappa shape index (κ2) is 2.27. The topological polar surface area (TPSA) is 46.2 Å². The molecule has 9 heavy (non-hydrogen) atoms. The van der Waals surface area contributed by atoms with Crippen molar-refractivity contribution in [3.63, 3.8) is 0 Å². The van der Waals surface area contributed by atoms with E-state index in [0.717, 1.165) is 12.8 Å². The third kappa shape index (κ3) is 2.32. The highest BCUT2D eigenvalue weighted by atomic mass is 32.2. The van der Waals surface area contributed by atoms with Gasteiger partial charge in [0.25, 0.3) is 0 Å². The molecule has 4 heteroatoms. The van der Waals surface area contributed by atoms with Gasteiger partial charge in [-0.15, -0.1) is 0 Å². The number of sulfonamides is 1. The minimum Gasteiger partial charge on any atom is -0.213 e. The Labute approximate surface area is 55.5 Å². The van der Waals surface area contributed by atoms with E-state index in [1.807, 2.05) is 0 Å². The van der Waals surface area contributed by atoms with Gasteiger partial charge in [0, 0.05) is 6.04 Å².